The van der Waals surface area contributed by atoms with Gasteiger partial charge in [-0.05, 0) is 39.7 Å². The predicted molar refractivity (Wildman–Crippen MR) is 85.5 cm³/mol. The molecule has 0 aromatic heterocycles. The van der Waals surface area contributed by atoms with Gasteiger partial charge < -0.3 is 9.47 Å². The number of carbonyl (C=O) groups is 2. The molecule has 1 aromatic carbocycles. The minimum atomic E-state index is -0.609. The lowest BCUT2D eigenvalue weighted by atomic mass is 10.2. The van der Waals surface area contributed by atoms with Gasteiger partial charge in [0.25, 0.3) is 0 Å². The molecule has 0 radical (unpaired) electrons. The number of nitrogens with zero attached hydrogens (tertiary/aromatic N) is 2. The molecule has 2 amide bonds. The fourth-order valence-corrected chi connectivity index (χ4v) is 2.33. The molecule has 1 fully saturated rings. The van der Waals surface area contributed by atoms with Gasteiger partial charge in [0.05, 0.1) is 6.04 Å². The molecule has 2 rings (SSSR count). The summed E-state index contributed by atoms with van der Waals surface area (Å²) in [5.74, 6) is 0. The summed E-state index contributed by atoms with van der Waals surface area (Å²) in [5, 5.41) is 2.67. The molecule has 6 heteroatoms. The van der Waals surface area contributed by atoms with Crippen LogP contribution in [0.3, 0.4) is 0 Å². The SMILES string of the molecule is CC1CCN(C(=O)OC(C)(C)C)N1C(=O)OCc1ccccc1. The second kappa shape index (κ2) is 6.89. The van der Waals surface area contributed by atoms with E-state index >= 15 is 0 Å². The van der Waals surface area contributed by atoms with Crippen LogP contribution in [0.4, 0.5) is 9.59 Å². The fraction of sp³-hybridized carbons (Fsp3) is 0.529. The number of carbonyl (C=O) groups excluding carboxylic acids is 2. The Labute approximate surface area is 136 Å². The second-order valence-corrected chi connectivity index (χ2v) is 6.63. The fourth-order valence-electron chi connectivity index (χ4n) is 2.33. The first kappa shape index (κ1) is 17.1. The maximum absolute atomic E-state index is 12.4. The molecule has 1 saturated heterocycles. The lowest BCUT2D eigenvalue weighted by molar-refractivity contribution is -0.0354. The Kier molecular flexibility index (Phi) is 5.13. The van der Waals surface area contributed by atoms with Crippen molar-refractivity contribution in [1.29, 1.82) is 0 Å². The lowest BCUT2D eigenvalue weighted by Gasteiger charge is -2.31. The van der Waals surface area contributed by atoms with Crippen molar-refractivity contribution in [3.8, 4) is 0 Å². The Balaban J connectivity index is 1.99. The molecule has 1 aromatic rings. The van der Waals surface area contributed by atoms with E-state index in [1.165, 1.54) is 10.0 Å². The molecule has 1 aliphatic heterocycles. The average molecular weight is 320 g/mol. The normalized spacial score (nSPS) is 18.0. The average Bonchev–Trinajstić information content (AvgIpc) is 2.86. The van der Waals surface area contributed by atoms with Crippen molar-refractivity contribution in [3.05, 3.63) is 35.9 Å². The molecule has 0 spiro atoms. The van der Waals surface area contributed by atoms with Gasteiger partial charge in [-0.3, -0.25) is 0 Å². The molecule has 6 nitrogen and oxygen atoms in total. The maximum atomic E-state index is 12.4. The van der Waals surface area contributed by atoms with Crippen molar-refractivity contribution in [1.82, 2.24) is 10.0 Å². The van der Waals surface area contributed by atoms with Gasteiger partial charge in [-0.1, -0.05) is 30.3 Å². The second-order valence-electron chi connectivity index (χ2n) is 6.63. The van der Waals surface area contributed by atoms with Crippen LogP contribution >= 0.6 is 0 Å². The highest BCUT2D eigenvalue weighted by Crippen LogP contribution is 2.22. The molecule has 0 aliphatic carbocycles. The highest BCUT2D eigenvalue weighted by molar-refractivity contribution is 5.75. The molecule has 23 heavy (non-hydrogen) atoms. The van der Waals surface area contributed by atoms with E-state index in [9.17, 15) is 9.59 Å². The van der Waals surface area contributed by atoms with Gasteiger partial charge in [-0.2, -0.15) is 0 Å². The number of hydrazine groups is 1. The van der Waals surface area contributed by atoms with Crippen molar-refractivity contribution in [2.45, 2.75) is 52.4 Å². The van der Waals surface area contributed by atoms with Crippen molar-refractivity contribution >= 4 is 12.2 Å². The zero-order valence-corrected chi connectivity index (χ0v) is 14.1. The van der Waals surface area contributed by atoms with E-state index < -0.39 is 17.8 Å². The number of ether oxygens (including phenoxy) is 2. The molecule has 1 aliphatic rings. The van der Waals surface area contributed by atoms with Crippen LogP contribution < -0.4 is 0 Å². The third-order valence-corrected chi connectivity index (χ3v) is 3.43. The van der Waals surface area contributed by atoms with E-state index in [-0.39, 0.29) is 12.6 Å². The van der Waals surface area contributed by atoms with E-state index in [1.807, 2.05) is 37.3 Å². The largest absolute Gasteiger partial charge is 0.443 e. The van der Waals surface area contributed by atoms with Crippen LogP contribution in [0.15, 0.2) is 30.3 Å². The molecule has 126 valence electrons. The highest BCUT2D eigenvalue weighted by Gasteiger charge is 2.39. The van der Waals surface area contributed by atoms with Crippen LogP contribution in [-0.4, -0.2) is 40.4 Å². The number of hydrogen-bond donors (Lipinski definition) is 0. The molecule has 0 N–H and O–H groups in total. The van der Waals surface area contributed by atoms with E-state index in [4.69, 9.17) is 9.47 Å². The maximum Gasteiger partial charge on any atom is 0.429 e. The van der Waals surface area contributed by atoms with Gasteiger partial charge in [0.2, 0.25) is 0 Å². The first-order valence-corrected chi connectivity index (χ1v) is 7.78. The minimum Gasteiger partial charge on any atom is -0.443 e. The Hall–Kier alpha value is -2.24. The Morgan fingerprint density at radius 1 is 1.17 bits per heavy atom. The van der Waals surface area contributed by atoms with Gasteiger partial charge in [0.15, 0.2) is 0 Å². The molecule has 1 atom stereocenters. The third-order valence-electron chi connectivity index (χ3n) is 3.43. The Morgan fingerprint density at radius 2 is 1.83 bits per heavy atom. The first-order chi connectivity index (χ1) is 10.8. The summed E-state index contributed by atoms with van der Waals surface area (Å²) in [6.07, 6.45) is -0.372. The van der Waals surface area contributed by atoms with Crippen LogP contribution in [0.1, 0.15) is 39.7 Å². The first-order valence-electron chi connectivity index (χ1n) is 7.78. The molecular formula is C17H24N2O4. The van der Waals surface area contributed by atoms with Gasteiger partial charge in [-0.15, -0.1) is 0 Å². The van der Waals surface area contributed by atoms with Crippen LogP contribution in [0.25, 0.3) is 0 Å². The van der Waals surface area contributed by atoms with Crippen LogP contribution in [0, 0.1) is 0 Å². The number of benzene rings is 1. The molecule has 1 unspecified atom stereocenters. The number of hydrogen-bond acceptors (Lipinski definition) is 4. The van der Waals surface area contributed by atoms with E-state index in [1.54, 1.807) is 20.8 Å². The van der Waals surface area contributed by atoms with E-state index in [0.717, 1.165) is 5.56 Å². The van der Waals surface area contributed by atoms with Crippen LogP contribution in [-0.2, 0) is 16.1 Å². The third kappa shape index (κ3) is 4.61. The highest BCUT2D eigenvalue weighted by atomic mass is 16.6. The van der Waals surface area contributed by atoms with E-state index in [2.05, 4.69) is 0 Å². The van der Waals surface area contributed by atoms with Crippen molar-refractivity contribution in [2.24, 2.45) is 0 Å². The smallest absolute Gasteiger partial charge is 0.429 e. The summed E-state index contributed by atoms with van der Waals surface area (Å²) >= 11 is 0. The van der Waals surface area contributed by atoms with E-state index in [0.29, 0.717) is 13.0 Å². The molecular weight excluding hydrogens is 296 g/mol. The zero-order chi connectivity index (χ0) is 17.0. The summed E-state index contributed by atoms with van der Waals surface area (Å²) in [4.78, 5) is 24.6. The molecule has 0 saturated carbocycles. The van der Waals surface area contributed by atoms with Crippen LogP contribution in [0.5, 0.6) is 0 Å². The van der Waals surface area contributed by atoms with Crippen LogP contribution in [0.2, 0.25) is 0 Å². The van der Waals surface area contributed by atoms with Gasteiger partial charge in [-0.25, -0.2) is 19.6 Å². The Morgan fingerprint density at radius 3 is 2.43 bits per heavy atom. The number of rotatable bonds is 2. The topological polar surface area (TPSA) is 59.1 Å². The quantitative estimate of drug-likeness (QED) is 0.836. The predicted octanol–water partition coefficient (Wildman–Crippen LogP) is 3.57. The lowest BCUT2D eigenvalue weighted by Crippen LogP contribution is -2.49. The summed E-state index contributed by atoms with van der Waals surface area (Å²) < 4.78 is 10.7. The van der Waals surface area contributed by atoms with Crippen molar-refractivity contribution in [3.63, 3.8) is 0 Å². The Bertz CT molecular complexity index is 553. The summed E-state index contributed by atoms with van der Waals surface area (Å²) in [6.45, 7) is 7.88. The monoisotopic (exact) mass is 320 g/mol. The van der Waals surface area contributed by atoms with Crippen molar-refractivity contribution in [2.75, 3.05) is 6.54 Å². The molecule has 1 heterocycles. The van der Waals surface area contributed by atoms with Gasteiger partial charge >= 0.3 is 12.2 Å². The summed E-state index contributed by atoms with van der Waals surface area (Å²) in [7, 11) is 0. The zero-order valence-electron chi connectivity index (χ0n) is 14.1. The summed E-state index contributed by atoms with van der Waals surface area (Å²) in [5.41, 5.74) is 0.291. The van der Waals surface area contributed by atoms with Crippen molar-refractivity contribution < 1.29 is 19.1 Å². The minimum absolute atomic E-state index is 0.106. The standard InChI is InChI=1S/C17H24N2O4/c1-13-10-11-18(15(20)23-17(2,3)4)19(13)16(21)22-12-14-8-6-5-7-9-14/h5-9,13H,10-12H2,1-4H3. The summed E-state index contributed by atoms with van der Waals surface area (Å²) in [6, 6.07) is 9.32. The van der Waals surface area contributed by atoms with Gasteiger partial charge in [0.1, 0.15) is 12.2 Å². The van der Waals surface area contributed by atoms with Gasteiger partial charge in [0, 0.05) is 6.54 Å². The number of amides is 2. The molecule has 0 bridgehead atoms.